The average Bonchev–Trinajstić information content (AvgIpc) is 3.12. The summed E-state index contributed by atoms with van der Waals surface area (Å²) in [6.07, 6.45) is 0. The highest BCUT2D eigenvalue weighted by atomic mass is 31.2. The number of anilines is 2. The largest absolute Gasteiger partial charge is 0.336 e. The third kappa shape index (κ3) is 3.23. The lowest BCUT2D eigenvalue weighted by atomic mass is 10.1. The summed E-state index contributed by atoms with van der Waals surface area (Å²) in [5.74, 6) is 0. The highest BCUT2D eigenvalue weighted by molar-refractivity contribution is 7.65. The van der Waals surface area contributed by atoms with E-state index in [0.29, 0.717) is 0 Å². The number of para-hydroxylation sites is 2. The molecule has 1 saturated heterocycles. The second kappa shape index (κ2) is 7.83. The molecule has 0 aliphatic carbocycles. The molecule has 5 heteroatoms. The molecule has 1 heterocycles. The molecule has 0 unspecified atom stereocenters. The molecular weight excluding hydrogens is 365 g/mol. The standard InChI is InChI=1S/C23H26N3OP/c1-20(21-12-6-3-7-13-21)24(2)28(27)25(22-14-8-4-9-15-22)18-19-26(28)23-16-10-5-11-17-23/h3-17,20H,18-19H2,1-2H3/t20-/m0/s1. The molecular formula is C23H26N3OP. The van der Waals surface area contributed by atoms with E-state index in [1.807, 2.05) is 85.9 Å². The molecule has 0 aromatic heterocycles. The lowest BCUT2D eigenvalue weighted by Gasteiger charge is -2.41. The van der Waals surface area contributed by atoms with Gasteiger partial charge in [0.1, 0.15) is 0 Å². The molecule has 3 aromatic rings. The summed E-state index contributed by atoms with van der Waals surface area (Å²) < 4.78 is 21.0. The summed E-state index contributed by atoms with van der Waals surface area (Å²) in [7, 11) is -1.06. The predicted molar refractivity (Wildman–Crippen MR) is 118 cm³/mol. The first-order valence-corrected chi connectivity index (χ1v) is 11.2. The quantitative estimate of drug-likeness (QED) is 0.513. The van der Waals surface area contributed by atoms with E-state index in [-0.39, 0.29) is 6.04 Å². The van der Waals surface area contributed by atoms with Crippen molar-refractivity contribution in [2.45, 2.75) is 13.0 Å². The Morgan fingerprint density at radius 1 is 0.750 bits per heavy atom. The summed E-state index contributed by atoms with van der Waals surface area (Å²) in [5.41, 5.74) is 3.15. The van der Waals surface area contributed by atoms with Crippen LogP contribution in [0, 0.1) is 0 Å². The predicted octanol–water partition coefficient (Wildman–Crippen LogP) is 5.81. The minimum Gasteiger partial charge on any atom is -0.293 e. The maximum absolute atomic E-state index is 14.8. The summed E-state index contributed by atoms with van der Waals surface area (Å²) in [6, 6.07) is 30.5. The van der Waals surface area contributed by atoms with Crippen molar-refractivity contribution in [2.75, 3.05) is 29.5 Å². The Kier molecular flexibility index (Phi) is 5.25. The Morgan fingerprint density at radius 2 is 1.14 bits per heavy atom. The third-order valence-corrected chi connectivity index (χ3v) is 8.80. The van der Waals surface area contributed by atoms with Crippen molar-refractivity contribution < 1.29 is 4.57 Å². The van der Waals surface area contributed by atoms with Crippen molar-refractivity contribution >= 4 is 19.0 Å². The minimum absolute atomic E-state index is 0.0163. The molecule has 144 valence electrons. The van der Waals surface area contributed by atoms with Gasteiger partial charge in [0.25, 0.3) is 0 Å². The van der Waals surface area contributed by atoms with E-state index < -0.39 is 7.59 Å². The number of benzene rings is 3. The minimum atomic E-state index is -3.05. The fraction of sp³-hybridized carbons (Fsp3) is 0.217. The van der Waals surface area contributed by atoms with E-state index >= 15 is 0 Å². The summed E-state index contributed by atoms with van der Waals surface area (Å²) in [5, 5.41) is 0. The third-order valence-electron chi connectivity index (χ3n) is 5.51. The van der Waals surface area contributed by atoms with Crippen LogP contribution in [0.2, 0.25) is 0 Å². The van der Waals surface area contributed by atoms with Gasteiger partial charge in [-0.3, -0.25) is 13.9 Å². The van der Waals surface area contributed by atoms with Crippen molar-refractivity contribution in [3.8, 4) is 0 Å². The number of rotatable bonds is 5. The Balaban J connectivity index is 1.78. The van der Waals surface area contributed by atoms with Gasteiger partial charge in [-0.15, -0.1) is 0 Å². The van der Waals surface area contributed by atoms with Crippen molar-refractivity contribution in [1.82, 2.24) is 4.67 Å². The first-order valence-electron chi connectivity index (χ1n) is 9.67. The highest BCUT2D eigenvalue weighted by Gasteiger charge is 2.48. The van der Waals surface area contributed by atoms with Crippen molar-refractivity contribution in [2.24, 2.45) is 0 Å². The summed E-state index contributed by atoms with van der Waals surface area (Å²) in [4.78, 5) is 0. The van der Waals surface area contributed by atoms with Gasteiger partial charge >= 0.3 is 7.59 Å². The summed E-state index contributed by atoms with van der Waals surface area (Å²) >= 11 is 0. The van der Waals surface area contributed by atoms with Crippen molar-refractivity contribution in [3.05, 3.63) is 96.6 Å². The highest BCUT2D eigenvalue weighted by Crippen LogP contribution is 2.64. The molecule has 0 bridgehead atoms. The molecule has 1 aliphatic rings. The molecule has 0 radical (unpaired) electrons. The number of hydrogen-bond acceptors (Lipinski definition) is 1. The van der Waals surface area contributed by atoms with Gasteiger partial charge in [0.15, 0.2) is 0 Å². The molecule has 4 rings (SSSR count). The van der Waals surface area contributed by atoms with Gasteiger partial charge in [-0.2, -0.15) is 0 Å². The fourth-order valence-corrected chi connectivity index (χ4v) is 6.95. The van der Waals surface area contributed by atoms with Crippen LogP contribution in [0.15, 0.2) is 91.0 Å². The van der Waals surface area contributed by atoms with Gasteiger partial charge in [-0.1, -0.05) is 66.7 Å². The van der Waals surface area contributed by atoms with Crippen LogP contribution < -0.4 is 9.34 Å². The molecule has 0 spiro atoms. The topological polar surface area (TPSA) is 26.8 Å². The van der Waals surface area contributed by atoms with Crippen LogP contribution in [-0.4, -0.2) is 24.8 Å². The van der Waals surface area contributed by atoms with E-state index in [4.69, 9.17) is 0 Å². The van der Waals surface area contributed by atoms with Gasteiger partial charge in [0, 0.05) is 30.5 Å². The van der Waals surface area contributed by atoms with Crippen LogP contribution >= 0.6 is 7.59 Å². The Labute approximate surface area is 167 Å². The Morgan fingerprint density at radius 3 is 1.57 bits per heavy atom. The zero-order chi connectivity index (χ0) is 19.6. The zero-order valence-corrected chi connectivity index (χ0v) is 17.2. The van der Waals surface area contributed by atoms with E-state index in [1.54, 1.807) is 0 Å². The van der Waals surface area contributed by atoms with Crippen LogP contribution in [-0.2, 0) is 4.57 Å². The molecule has 1 fully saturated rings. The van der Waals surface area contributed by atoms with Gasteiger partial charge in [-0.05, 0) is 43.8 Å². The molecule has 1 aliphatic heterocycles. The van der Waals surface area contributed by atoms with Crippen LogP contribution in [0.25, 0.3) is 0 Å². The van der Waals surface area contributed by atoms with E-state index in [1.165, 1.54) is 0 Å². The zero-order valence-electron chi connectivity index (χ0n) is 16.3. The lowest BCUT2D eigenvalue weighted by Crippen LogP contribution is -2.33. The number of nitrogens with zero attached hydrogens (tertiary/aromatic N) is 3. The van der Waals surface area contributed by atoms with Crippen LogP contribution in [0.1, 0.15) is 18.5 Å². The smallest absolute Gasteiger partial charge is 0.293 e. The molecule has 0 saturated carbocycles. The molecule has 3 aromatic carbocycles. The van der Waals surface area contributed by atoms with Gasteiger partial charge in [0.05, 0.1) is 0 Å². The normalized spacial score (nSPS) is 17.1. The van der Waals surface area contributed by atoms with Crippen molar-refractivity contribution in [1.29, 1.82) is 0 Å². The summed E-state index contributed by atoms with van der Waals surface area (Å²) in [6.45, 7) is 3.57. The van der Waals surface area contributed by atoms with Crippen LogP contribution in [0.4, 0.5) is 11.4 Å². The Hall–Kier alpha value is -2.55. The van der Waals surface area contributed by atoms with Gasteiger partial charge < -0.3 is 0 Å². The monoisotopic (exact) mass is 391 g/mol. The first-order chi connectivity index (χ1) is 13.6. The van der Waals surface area contributed by atoms with Crippen molar-refractivity contribution in [3.63, 3.8) is 0 Å². The molecule has 28 heavy (non-hydrogen) atoms. The maximum atomic E-state index is 14.8. The lowest BCUT2D eigenvalue weighted by molar-refractivity contribution is 0.396. The fourth-order valence-electron chi connectivity index (χ4n) is 3.85. The van der Waals surface area contributed by atoms with Crippen LogP contribution in [0.3, 0.4) is 0 Å². The van der Waals surface area contributed by atoms with Crippen LogP contribution in [0.5, 0.6) is 0 Å². The molecule has 1 atom stereocenters. The average molecular weight is 391 g/mol. The molecule has 0 N–H and O–H groups in total. The number of hydrogen-bond donors (Lipinski definition) is 0. The van der Waals surface area contributed by atoms with Gasteiger partial charge in [-0.25, -0.2) is 4.67 Å². The van der Waals surface area contributed by atoms with Gasteiger partial charge in [0.2, 0.25) is 0 Å². The molecule has 0 amide bonds. The SMILES string of the molecule is C[C@@H](c1ccccc1)N(C)P1(=O)N(c2ccccc2)CCN1c1ccccc1. The van der Waals surface area contributed by atoms with E-state index in [2.05, 4.69) is 33.1 Å². The van der Waals surface area contributed by atoms with E-state index in [9.17, 15) is 4.57 Å². The second-order valence-corrected chi connectivity index (χ2v) is 9.71. The second-order valence-electron chi connectivity index (χ2n) is 7.09. The molecule has 4 nitrogen and oxygen atoms in total. The van der Waals surface area contributed by atoms with E-state index in [0.717, 1.165) is 30.0 Å². The first kappa shape index (κ1) is 18.8. The maximum Gasteiger partial charge on any atom is 0.336 e. The Bertz CT molecular complexity index is 898.